The smallest absolute Gasteiger partial charge is 0.144 e. The number of carbonyl (C=O) groups excluding carboxylic acids is 1. The summed E-state index contributed by atoms with van der Waals surface area (Å²) in [5, 5.41) is 17.2. The van der Waals surface area contributed by atoms with E-state index < -0.39 is 12.3 Å². The molecule has 2 N–H and O–H groups in total. The summed E-state index contributed by atoms with van der Waals surface area (Å²) >= 11 is 0. The van der Waals surface area contributed by atoms with Crippen molar-refractivity contribution >= 4 is 5.78 Å². The van der Waals surface area contributed by atoms with Crippen LogP contribution in [0.5, 0.6) is 0 Å². The van der Waals surface area contributed by atoms with Gasteiger partial charge in [-0.3, -0.25) is 9.89 Å². The van der Waals surface area contributed by atoms with Crippen molar-refractivity contribution in [1.82, 2.24) is 15.2 Å². The summed E-state index contributed by atoms with van der Waals surface area (Å²) in [6.07, 6.45) is 10.9. The third kappa shape index (κ3) is 3.17. The number of H-pyrrole nitrogens is 1. The number of nitrogens with zero attached hydrogens (tertiary/aromatic N) is 2. The predicted octanol–water partition coefficient (Wildman–Crippen LogP) is 3.89. The van der Waals surface area contributed by atoms with Gasteiger partial charge < -0.3 is 5.11 Å². The molecule has 0 amide bonds. The number of aromatic amines is 1. The maximum absolute atomic E-state index is 13.3. The van der Waals surface area contributed by atoms with Gasteiger partial charge in [-0.25, -0.2) is 9.37 Å². The second-order valence-corrected chi connectivity index (χ2v) is 10.8. The van der Waals surface area contributed by atoms with E-state index in [1.807, 2.05) is 0 Å². The monoisotopic (exact) mass is 403 g/mol. The van der Waals surface area contributed by atoms with Gasteiger partial charge in [0, 0.05) is 5.92 Å². The van der Waals surface area contributed by atoms with Gasteiger partial charge in [0.25, 0.3) is 0 Å². The summed E-state index contributed by atoms with van der Waals surface area (Å²) in [5.74, 6) is 4.32. The summed E-state index contributed by atoms with van der Waals surface area (Å²) in [7, 11) is 0. The molecular formula is C23H34FN3O2. The van der Waals surface area contributed by atoms with E-state index in [0.717, 1.165) is 32.1 Å². The molecule has 1 heterocycles. The average Bonchev–Trinajstić information content (AvgIpc) is 3.34. The van der Waals surface area contributed by atoms with Crippen molar-refractivity contribution in [3.05, 3.63) is 12.2 Å². The molecule has 8 unspecified atom stereocenters. The Kier molecular flexibility index (Phi) is 4.84. The number of hydrogen-bond donors (Lipinski definition) is 2. The Bertz CT molecular complexity index is 755. The molecule has 0 saturated heterocycles. The number of carbonyl (C=O) groups is 1. The van der Waals surface area contributed by atoms with Crippen molar-refractivity contribution in [2.75, 3.05) is 6.67 Å². The maximum Gasteiger partial charge on any atom is 0.144 e. The fourth-order valence-electron chi connectivity index (χ4n) is 8.22. The van der Waals surface area contributed by atoms with Crippen LogP contribution in [0.2, 0.25) is 0 Å². The van der Waals surface area contributed by atoms with E-state index >= 15 is 0 Å². The molecule has 0 bridgehead atoms. The lowest BCUT2D eigenvalue weighted by atomic mass is 9.49. The fraction of sp³-hybridized carbons (Fsp3) is 0.870. The van der Waals surface area contributed by atoms with Crippen LogP contribution in [0.25, 0.3) is 0 Å². The number of aromatic nitrogens is 3. The van der Waals surface area contributed by atoms with Gasteiger partial charge >= 0.3 is 0 Å². The van der Waals surface area contributed by atoms with Crippen molar-refractivity contribution in [2.24, 2.45) is 40.9 Å². The molecule has 4 aliphatic rings. The number of rotatable bonds is 4. The third-order valence-electron chi connectivity index (χ3n) is 9.55. The van der Waals surface area contributed by atoms with Crippen LogP contribution in [-0.4, -0.2) is 38.3 Å². The number of aliphatic hydroxyl groups is 1. The Labute approximate surface area is 172 Å². The first-order valence-corrected chi connectivity index (χ1v) is 11.6. The predicted molar refractivity (Wildman–Crippen MR) is 107 cm³/mol. The maximum atomic E-state index is 13.3. The van der Waals surface area contributed by atoms with E-state index in [9.17, 15) is 14.3 Å². The molecule has 1 aromatic rings. The fourth-order valence-corrected chi connectivity index (χ4v) is 8.22. The Hall–Kier alpha value is -1.30. The van der Waals surface area contributed by atoms with Crippen molar-refractivity contribution in [3.63, 3.8) is 0 Å². The van der Waals surface area contributed by atoms with Crippen LogP contribution in [-0.2, 0) is 11.2 Å². The lowest BCUT2D eigenvalue weighted by Gasteiger charge is -2.57. The van der Waals surface area contributed by atoms with E-state index in [2.05, 4.69) is 22.1 Å². The van der Waals surface area contributed by atoms with Crippen molar-refractivity contribution in [1.29, 1.82) is 0 Å². The minimum Gasteiger partial charge on any atom is -0.387 e. The number of hydrogen-bond acceptors (Lipinski definition) is 4. The largest absolute Gasteiger partial charge is 0.387 e. The Morgan fingerprint density at radius 1 is 1.17 bits per heavy atom. The van der Waals surface area contributed by atoms with Gasteiger partial charge in [0.15, 0.2) is 0 Å². The van der Waals surface area contributed by atoms with E-state index in [-0.39, 0.29) is 11.3 Å². The molecule has 0 spiro atoms. The molecule has 1 aromatic heterocycles. The van der Waals surface area contributed by atoms with Gasteiger partial charge in [0.1, 0.15) is 24.6 Å². The Morgan fingerprint density at radius 2 is 2.00 bits per heavy atom. The summed E-state index contributed by atoms with van der Waals surface area (Å²) in [6.45, 7) is 1.78. The number of nitrogens with one attached hydrogen (secondary N) is 1. The topological polar surface area (TPSA) is 78.9 Å². The number of ketones is 1. The van der Waals surface area contributed by atoms with Crippen molar-refractivity contribution < 1.29 is 14.3 Å². The zero-order valence-corrected chi connectivity index (χ0v) is 17.4. The first kappa shape index (κ1) is 19.7. The van der Waals surface area contributed by atoms with E-state index in [4.69, 9.17) is 0 Å². The van der Waals surface area contributed by atoms with Crippen LogP contribution >= 0.6 is 0 Å². The first-order chi connectivity index (χ1) is 13.9. The first-order valence-electron chi connectivity index (χ1n) is 11.6. The molecule has 6 heteroatoms. The lowest BCUT2D eigenvalue weighted by Crippen LogP contribution is -2.52. The van der Waals surface area contributed by atoms with E-state index in [0.29, 0.717) is 60.5 Å². The number of alkyl halides is 1. The highest BCUT2D eigenvalue weighted by atomic mass is 19.1. The molecule has 160 valence electrons. The molecular weight excluding hydrogens is 369 g/mol. The van der Waals surface area contributed by atoms with Gasteiger partial charge in [-0.1, -0.05) is 6.92 Å². The third-order valence-corrected chi connectivity index (χ3v) is 9.55. The van der Waals surface area contributed by atoms with Crippen LogP contribution in [0.1, 0.15) is 70.5 Å². The Balaban J connectivity index is 1.31. The molecule has 0 radical (unpaired) electrons. The molecule has 5 rings (SSSR count). The average molecular weight is 404 g/mol. The van der Waals surface area contributed by atoms with Crippen LogP contribution < -0.4 is 0 Å². The summed E-state index contributed by atoms with van der Waals surface area (Å²) in [4.78, 5) is 17.3. The molecule has 4 aliphatic carbocycles. The van der Waals surface area contributed by atoms with Crippen LogP contribution in [0, 0.1) is 40.9 Å². The normalized spacial score (nSPS) is 46.6. The number of fused-ring (bicyclic) bond motifs is 5. The molecule has 5 nitrogen and oxygen atoms in total. The summed E-state index contributed by atoms with van der Waals surface area (Å²) in [5.41, 5.74) is -0.956. The van der Waals surface area contributed by atoms with Gasteiger partial charge in [-0.05, 0) is 92.8 Å². The second kappa shape index (κ2) is 7.14. The summed E-state index contributed by atoms with van der Waals surface area (Å²) < 4.78 is 13.3. The minimum absolute atomic E-state index is 0.111. The standard InChI is InChI=1S/C23H34FN3O2/c1-22-8-6-16-15-7-9-23(29,12-24)11-14(15)2-3-17(16)18(22)4-5-19(22)20(28)10-21-25-13-26-27-21/h13-19,29H,2-12H2,1H3,(H,25,26,27). The highest BCUT2D eigenvalue weighted by Crippen LogP contribution is 2.64. The SMILES string of the molecule is CC12CCC3C4CCC(O)(CF)CC4CCC3C1CCC2C(=O)Cc1ncn[nH]1. The zero-order valence-electron chi connectivity index (χ0n) is 17.4. The lowest BCUT2D eigenvalue weighted by molar-refractivity contribution is -0.133. The second-order valence-electron chi connectivity index (χ2n) is 10.8. The molecule has 0 aromatic carbocycles. The molecule has 0 aliphatic heterocycles. The van der Waals surface area contributed by atoms with E-state index in [1.54, 1.807) is 0 Å². The van der Waals surface area contributed by atoms with Crippen molar-refractivity contribution in [3.8, 4) is 0 Å². The van der Waals surface area contributed by atoms with Crippen LogP contribution in [0.4, 0.5) is 4.39 Å². The number of Topliss-reactive ketones (excluding diaryl/α,β-unsaturated/α-hetero) is 1. The van der Waals surface area contributed by atoms with Crippen LogP contribution in [0.3, 0.4) is 0 Å². The van der Waals surface area contributed by atoms with Gasteiger partial charge in [-0.2, -0.15) is 5.10 Å². The zero-order chi connectivity index (χ0) is 20.2. The molecule has 4 fully saturated rings. The van der Waals surface area contributed by atoms with Gasteiger partial charge in [0.05, 0.1) is 12.0 Å². The minimum atomic E-state index is -1.07. The molecule has 4 saturated carbocycles. The quantitative estimate of drug-likeness (QED) is 0.799. The number of halogens is 1. The molecule has 8 atom stereocenters. The summed E-state index contributed by atoms with van der Waals surface area (Å²) in [6, 6.07) is 0. The highest BCUT2D eigenvalue weighted by Gasteiger charge is 2.58. The van der Waals surface area contributed by atoms with E-state index in [1.165, 1.54) is 19.2 Å². The van der Waals surface area contributed by atoms with Gasteiger partial charge in [0.2, 0.25) is 0 Å². The Morgan fingerprint density at radius 3 is 2.76 bits per heavy atom. The highest BCUT2D eigenvalue weighted by molar-refractivity contribution is 5.83. The van der Waals surface area contributed by atoms with Crippen molar-refractivity contribution in [2.45, 2.75) is 76.7 Å². The van der Waals surface area contributed by atoms with Crippen LogP contribution in [0.15, 0.2) is 6.33 Å². The molecule has 29 heavy (non-hydrogen) atoms. The van der Waals surface area contributed by atoms with Gasteiger partial charge in [-0.15, -0.1) is 0 Å².